The fourth-order valence-corrected chi connectivity index (χ4v) is 9.16. The maximum absolute atomic E-state index is 13.4. The number of halogens is 2. The molecule has 65 heavy (non-hydrogen) atoms. The molecule has 0 amide bonds. The van der Waals surface area contributed by atoms with E-state index in [1.54, 1.807) is 43.7 Å². The average Bonchev–Trinajstić information content (AvgIpc) is 3.83. The number of aliphatic hydroxyl groups is 2. The largest absolute Gasteiger partial charge is 0.507 e. The summed E-state index contributed by atoms with van der Waals surface area (Å²) in [7, 11) is 1.60. The summed E-state index contributed by atoms with van der Waals surface area (Å²) < 4.78 is 26.2. The first-order valence-electron chi connectivity index (χ1n) is 21.6. The van der Waals surface area contributed by atoms with Crippen LogP contribution in [-0.4, -0.2) is 112 Å². The minimum absolute atomic E-state index is 0.0358. The molecule has 2 aliphatic heterocycles. The molecular formula is C43H54Br2N10O10. The number of aliphatic hydroxyl groups excluding tert-OH is 2. The molecule has 6 heterocycles. The van der Waals surface area contributed by atoms with Gasteiger partial charge in [0.25, 0.3) is 11.1 Å². The molecule has 0 unspecified atom stereocenters. The van der Waals surface area contributed by atoms with Crippen molar-refractivity contribution in [1.82, 2.24) is 37.4 Å². The van der Waals surface area contributed by atoms with E-state index in [0.29, 0.717) is 72.7 Å². The molecule has 0 atom stereocenters. The monoisotopic (exact) mass is 1030 g/mol. The van der Waals surface area contributed by atoms with Gasteiger partial charge in [0.2, 0.25) is 11.9 Å². The number of nitrogens with zero attached hydrogens (tertiary/aromatic N) is 8. The smallest absolute Gasteiger partial charge is 0.332 e. The van der Waals surface area contributed by atoms with Gasteiger partial charge in [0.05, 0.1) is 55.4 Å². The summed E-state index contributed by atoms with van der Waals surface area (Å²) in [5, 5.41) is 35.8. The van der Waals surface area contributed by atoms with Gasteiger partial charge in [-0.3, -0.25) is 37.0 Å². The van der Waals surface area contributed by atoms with Crippen molar-refractivity contribution in [3.63, 3.8) is 0 Å². The molecule has 4 aromatic heterocycles. The van der Waals surface area contributed by atoms with Crippen LogP contribution in [0.4, 0.5) is 11.9 Å². The standard InChI is InChI=1S/C22H28BrN5O5.C21H26BrN5O5/c1-3-26-20(30)18-19(27(8-9-29)22(26)31)25-21(24-15-6-10-33-11-7-15)28(18)13-14-4-5-17(32-2)16(23)12-14;1-2-25-19(30)17-18(26(7-8-28)21(25)31)24-20(23-14-5-9-32-10-6-14)27(17)12-13-3-4-16(29)15(22)11-13/h4-5,12,15,29H,3,6-11,13H2,1-2H3,(H,24,25);3-4,11,14,28-29H,2,5-10,12H2,1H3,(H,23,24). The first kappa shape index (κ1) is 47.7. The van der Waals surface area contributed by atoms with E-state index in [1.165, 1.54) is 13.7 Å². The summed E-state index contributed by atoms with van der Waals surface area (Å²) in [6.45, 7) is 6.76. The highest BCUT2D eigenvalue weighted by atomic mass is 79.9. The number of aromatic hydroxyl groups is 1. The molecule has 5 N–H and O–H groups in total. The van der Waals surface area contributed by atoms with E-state index >= 15 is 0 Å². The van der Waals surface area contributed by atoms with Gasteiger partial charge in [-0.25, -0.2) is 9.59 Å². The Bertz CT molecular complexity index is 2890. The van der Waals surface area contributed by atoms with Crippen molar-refractivity contribution in [3.05, 3.63) is 98.1 Å². The molecule has 0 radical (unpaired) electrons. The predicted molar refractivity (Wildman–Crippen MR) is 252 cm³/mol. The van der Waals surface area contributed by atoms with Gasteiger partial charge in [-0.2, -0.15) is 9.97 Å². The van der Waals surface area contributed by atoms with Gasteiger partial charge < -0.3 is 40.2 Å². The number of imidazole rings is 2. The minimum atomic E-state index is -0.492. The van der Waals surface area contributed by atoms with E-state index < -0.39 is 22.5 Å². The van der Waals surface area contributed by atoms with E-state index in [0.717, 1.165) is 45.9 Å². The molecule has 350 valence electrons. The second-order valence-electron chi connectivity index (χ2n) is 15.6. The number of rotatable bonds is 15. The van der Waals surface area contributed by atoms with Crippen LogP contribution in [0.2, 0.25) is 0 Å². The molecule has 2 fully saturated rings. The van der Waals surface area contributed by atoms with Crippen molar-refractivity contribution in [3.8, 4) is 11.5 Å². The second kappa shape index (κ2) is 21.4. The third-order valence-corrected chi connectivity index (χ3v) is 12.8. The number of hydrogen-bond donors (Lipinski definition) is 5. The van der Waals surface area contributed by atoms with Crippen molar-refractivity contribution in [2.45, 2.75) is 90.9 Å². The van der Waals surface area contributed by atoms with E-state index in [4.69, 9.17) is 14.2 Å². The summed E-state index contributed by atoms with van der Waals surface area (Å²) in [5.41, 5.74) is 1.11. The van der Waals surface area contributed by atoms with Gasteiger partial charge >= 0.3 is 11.4 Å². The van der Waals surface area contributed by atoms with Crippen molar-refractivity contribution in [2.75, 3.05) is 57.4 Å². The first-order valence-corrected chi connectivity index (χ1v) is 23.2. The Balaban J connectivity index is 0.000000194. The van der Waals surface area contributed by atoms with Crippen LogP contribution in [0.3, 0.4) is 0 Å². The van der Waals surface area contributed by atoms with E-state index in [1.807, 2.05) is 22.8 Å². The number of ether oxygens (including phenoxy) is 3. The molecule has 2 aliphatic rings. The summed E-state index contributed by atoms with van der Waals surface area (Å²) in [6, 6.07) is 11.1. The molecule has 0 saturated carbocycles. The maximum Gasteiger partial charge on any atom is 0.332 e. The fourth-order valence-electron chi connectivity index (χ4n) is 8.14. The van der Waals surface area contributed by atoms with Crippen LogP contribution in [-0.2, 0) is 48.7 Å². The van der Waals surface area contributed by atoms with Gasteiger partial charge in [-0.05, 0) is 107 Å². The van der Waals surface area contributed by atoms with E-state index in [2.05, 4.69) is 52.5 Å². The zero-order chi connectivity index (χ0) is 46.4. The Morgan fingerprint density at radius 1 is 0.662 bits per heavy atom. The van der Waals surface area contributed by atoms with Crippen molar-refractivity contribution in [1.29, 1.82) is 0 Å². The number of fused-ring (bicyclic) bond motifs is 2. The van der Waals surface area contributed by atoms with Crippen LogP contribution in [0.1, 0.15) is 50.7 Å². The zero-order valence-electron chi connectivity index (χ0n) is 36.5. The van der Waals surface area contributed by atoms with Crippen molar-refractivity contribution >= 4 is 66.1 Å². The Labute approximate surface area is 389 Å². The van der Waals surface area contributed by atoms with Crippen LogP contribution in [0.25, 0.3) is 22.3 Å². The van der Waals surface area contributed by atoms with Crippen LogP contribution < -0.4 is 37.9 Å². The molecule has 20 nitrogen and oxygen atoms in total. The number of hydrogen-bond acceptors (Lipinski definition) is 14. The predicted octanol–water partition coefficient (Wildman–Crippen LogP) is 3.26. The average molecular weight is 1030 g/mol. The quantitative estimate of drug-likeness (QED) is 0.0994. The van der Waals surface area contributed by atoms with Gasteiger partial charge in [-0.15, -0.1) is 0 Å². The van der Waals surface area contributed by atoms with Crippen LogP contribution in [0.15, 0.2) is 64.5 Å². The van der Waals surface area contributed by atoms with Crippen LogP contribution in [0.5, 0.6) is 11.5 Å². The topological polar surface area (TPSA) is 236 Å². The highest BCUT2D eigenvalue weighted by Gasteiger charge is 2.26. The molecule has 22 heteroatoms. The summed E-state index contributed by atoms with van der Waals surface area (Å²) in [5.74, 6) is 1.82. The zero-order valence-corrected chi connectivity index (χ0v) is 39.6. The second-order valence-corrected chi connectivity index (χ2v) is 17.3. The molecular weight excluding hydrogens is 976 g/mol. The number of anilines is 2. The number of methoxy groups -OCH3 is 1. The molecule has 2 aromatic carbocycles. The van der Waals surface area contributed by atoms with Gasteiger partial charge in [0.1, 0.15) is 11.5 Å². The third-order valence-electron chi connectivity index (χ3n) is 11.5. The Hall–Kier alpha value is -5.26. The fraction of sp³-hybridized carbons (Fsp3) is 0.488. The Morgan fingerprint density at radius 2 is 1.09 bits per heavy atom. The molecule has 0 spiro atoms. The number of phenols is 1. The maximum atomic E-state index is 13.4. The lowest BCUT2D eigenvalue weighted by Gasteiger charge is -2.24. The summed E-state index contributed by atoms with van der Waals surface area (Å²) in [6.07, 6.45) is 3.24. The van der Waals surface area contributed by atoms with Gasteiger partial charge in [0.15, 0.2) is 22.3 Å². The molecule has 6 aromatic rings. The lowest BCUT2D eigenvalue weighted by Crippen LogP contribution is -2.40. The highest BCUT2D eigenvalue weighted by molar-refractivity contribution is 9.11. The highest BCUT2D eigenvalue weighted by Crippen LogP contribution is 2.29. The van der Waals surface area contributed by atoms with Crippen LogP contribution in [0, 0.1) is 0 Å². The number of nitrogens with one attached hydrogen (secondary N) is 2. The summed E-state index contributed by atoms with van der Waals surface area (Å²) in [4.78, 5) is 61.8. The van der Waals surface area contributed by atoms with Crippen molar-refractivity contribution in [2.24, 2.45) is 0 Å². The van der Waals surface area contributed by atoms with Gasteiger partial charge in [-0.1, -0.05) is 12.1 Å². The number of aromatic nitrogens is 8. The minimum Gasteiger partial charge on any atom is -0.507 e. The number of benzene rings is 2. The molecule has 0 bridgehead atoms. The van der Waals surface area contributed by atoms with E-state index in [9.17, 15) is 34.5 Å². The lowest BCUT2D eigenvalue weighted by atomic mass is 10.1. The third kappa shape index (κ3) is 10.1. The number of phenolic OH excluding ortho intramolecular Hbond substituents is 1. The molecule has 0 aliphatic carbocycles. The molecule has 8 rings (SSSR count). The van der Waals surface area contributed by atoms with Gasteiger partial charge in [0, 0.05) is 51.6 Å². The normalized spacial score (nSPS) is 14.8. The first-order chi connectivity index (χ1) is 31.4. The Kier molecular flexibility index (Phi) is 15.7. The van der Waals surface area contributed by atoms with Crippen LogP contribution >= 0.6 is 31.9 Å². The summed E-state index contributed by atoms with van der Waals surface area (Å²) >= 11 is 6.85. The van der Waals surface area contributed by atoms with E-state index in [-0.39, 0.29) is 68.5 Å². The SMILES string of the molecule is CCn1c(=O)c2c(nc(NC3CCOCC3)n2Cc2ccc(O)c(Br)c2)n(CCO)c1=O.CCn1c(=O)c2c(nc(NC3CCOCC3)n2Cc2ccc(OC)c(Br)c2)n(CCO)c1=O. The molecule has 2 saturated heterocycles. The van der Waals surface area contributed by atoms with Crippen molar-refractivity contribution < 1.29 is 29.5 Å². The lowest BCUT2D eigenvalue weighted by molar-refractivity contribution is 0.0901. The Morgan fingerprint density at radius 3 is 1.48 bits per heavy atom.